The molecule has 0 saturated carbocycles. The van der Waals surface area contributed by atoms with Crippen LogP contribution < -0.4 is 0 Å². The van der Waals surface area contributed by atoms with Crippen molar-refractivity contribution >= 4 is 11.8 Å². The number of H-pyrrole nitrogens is 1. The van der Waals surface area contributed by atoms with Crippen LogP contribution in [0.1, 0.15) is 33.7 Å². The van der Waals surface area contributed by atoms with Gasteiger partial charge in [0, 0.05) is 23.4 Å². The van der Waals surface area contributed by atoms with E-state index in [9.17, 15) is 9.59 Å². The van der Waals surface area contributed by atoms with E-state index in [0.29, 0.717) is 12.0 Å². The maximum atomic E-state index is 12.0. The molecule has 0 aliphatic carbocycles. The summed E-state index contributed by atoms with van der Waals surface area (Å²) in [7, 11) is 0. The number of rotatable bonds is 6. The summed E-state index contributed by atoms with van der Waals surface area (Å²) in [5.74, 6) is -0.526. The van der Waals surface area contributed by atoms with Gasteiger partial charge in [-0.05, 0) is 31.9 Å². The Morgan fingerprint density at radius 2 is 1.86 bits per heavy atom. The van der Waals surface area contributed by atoms with E-state index in [1.54, 1.807) is 6.07 Å². The molecule has 1 aromatic heterocycles. The van der Waals surface area contributed by atoms with Crippen molar-refractivity contribution < 1.29 is 14.3 Å². The molecule has 2 aromatic rings. The highest BCUT2D eigenvalue weighted by atomic mass is 16.5. The van der Waals surface area contributed by atoms with Crippen LogP contribution in [-0.2, 0) is 16.0 Å². The van der Waals surface area contributed by atoms with E-state index >= 15 is 0 Å². The summed E-state index contributed by atoms with van der Waals surface area (Å²) in [5, 5.41) is 0. The quantitative estimate of drug-likeness (QED) is 0.655. The molecule has 110 valence electrons. The predicted octanol–water partition coefficient (Wildman–Crippen LogP) is 2.99. The van der Waals surface area contributed by atoms with Gasteiger partial charge < -0.3 is 9.72 Å². The Morgan fingerprint density at radius 3 is 2.48 bits per heavy atom. The van der Waals surface area contributed by atoms with Crippen LogP contribution in [0.25, 0.3) is 0 Å². The molecule has 0 spiro atoms. The first-order valence-corrected chi connectivity index (χ1v) is 6.95. The zero-order valence-corrected chi connectivity index (χ0v) is 12.3. The van der Waals surface area contributed by atoms with Crippen LogP contribution in [0.3, 0.4) is 0 Å². The zero-order valence-electron chi connectivity index (χ0n) is 12.3. The molecule has 4 heteroatoms. The molecule has 0 amide bonds. The average molecular weight is 285 g/mol. The van der Waals surface area contributed by atoms with Crippen LogP contribution in [0, 0.1) is 13.8 Å². The van der Waals surface area contributed by atoms with Gasteiger partial charge in [-0.15, -0.1) is 0 Å². The van der Waals surface area contributed by atoms with E-state index in [2.05, 4.69) is 4.98 Å². The molecule has 0 radical (unpaired) electrons. The number of benzene rings is 1. The minimum absolute atomic E-state index is 0.176. The zero-order chi connectivity index (χ0) is 15.2. The van der Waals surface area contributed by atoms with Crippen LogP contribution in [0.2, 0.25) is 0 Å². The molecule has 1 N–H and O–H groups in total. The minimum atomic E-state index is -0.350. The predicted molar refractivity (Wildman–Crippen MR) is 80.3 cm³/mol. The summed E-state index contributed by atoms with van der Waals surface area (Å²) in [6, 6.07) is 11.5. The topological polar surface area (TPSA) is 59.2 Å². The Labute approximate surface area is 124 Å². The van der Waals surface area contributed by atoms with Gasteiger partial charge >= 0.3 is 5.97 Å². The number of nitrogens with one attached hydrogen (secondary N) is 1. The van der Waals surface area contributed by atoms with Crippen molar-refractivity contribution in [3.8, 4) is 0 Å². The second kappa shape index (κ2) is 6.88. The summed E-state index contributed by atoms with van der Waals surface area (Å²) in [6.07, 6.45) is 0.901. The minimum Gasteiger partial charge on any atom is -0.457 e. The third-order valence-electron chi connectivity index (χ3n) is 3.27. The second-order valence-corrected chi connectivity index (χ2v) is 5.06. The first kappa shape index (κ1) is 15.0. The second-order valence-electron chi connectivity index (χ2n) is 5.06. The molecule has 0 saturated heterocycles. The first-order chi connectivity index (χ1) is 10.1. The van der Waals surface area contributed by atoms with Crippen LogP contribution in [0.5, 0.6) is 0 Å². The lowest BCUT2D eigenvalue weighted by atomic mass is 10.1. The number of esters is 1. The summed E-state index contributed by atoms with van der Waals surface area (Å²) in [6.45, 7) is 3.51. The molecule has 21 heavy (non-hydrogen) atoms. The molecule has 4 nitrogen and oxygen atoms in total. The van der Waals surface area contributed by atoms with Gasteiger partial charge in [0.1, 0.15) is 0 Å². The number of aromatic amines is 1. The molecule has 0 aliphatic rings. The van der Waals surface area contributed by atoms with Gasteiger partial charge in [0.25, 0.3) is 0 Å². The fraction of sp³-hybridized carbons (Fsp3) is 0.294. The molecule has 1 heterocycles. The molecule has 0 bridgehead atoms. The van der Waals surface area contributed by atoms with Gasteiger partial charge in [0.05, 0.1) is 0 Å². The van der Waals surface area contributed by atoms with Crippen molar-refractivity contribution in [2.75, 3.05) is 6.61 Å². The summed E-state index contributed by atoms with van der Waals surface area (Å²) < 4.78 is 5.04. The standard InChI is InChI=1S/C17H19NO3/c1-12-10-15(13(2)18-12)16(19)11-21-17(20)9-8-14-6-4-3-5-7-14/h3-7,10,18H,8-9,11H2,1-2H3. The number of ether oxygens (including phenoxy) is 1. The van der Waals surface area contributed by atoms with E-state index in [-0.39, 0.29) is 24.8 Å². The lowest BCUT2D eigenvalue weighted by Gasteiger charge is -2.04. The highest BCUT2D eigenvalue weighted by Crippen LogP contribution is 2.10. The fourth-order valence-corrected chi connectivity index (χ4v) is 2.20. The number of ketones is 1. The summed E-state index contributed by atoms with van der Waals surface area (Å²) in [4.78, 5) is 26.7. The van der Waals surface area contributed by atoms with E-state index < -0.39 is 0 Å². The van der Waals surface area contributed by atoms with Crippen molar-refractivity contribution in [3.63, 3.8) is 0 Å². The lowest BCUT2D eigenvalue weighted by Crippen LogP contribution is -2.14. The van der Waals surface area contributed by atoms with Gasteiger partial charge in [-0.3, -0.25) is 9.59 Å². The molecule has 2 rings (SSSR count). The monoisotopic (exact) mass is 285 g/mol. The third kappa shape index (κ3) is 4.31. The van der Waals surface area contributed by atoms with E-state index in [0.717, 1.165) is 17.0 Å². The number of Topliss-reactive ketones (excluding diaryl/α,β-unsaturated/α-hetero) is 1. The molecule has 0 aliphatic heterocycles. The Hall–Kier alpha value is -2.36. The third-order valence-corrected chi connectivity index (χ3v) is 3.27. The number of carbonyl (C=O) groups excluding carboxylic acids is 2. The molecular formula is C17H19NO3. The number of hydrogen-bond acceptors (Lipinski definition) is 3. The van der Waals surface area contributed by atoms with E-state index in [1.807, 2.05) is 44.2 Å². The fourth-order valence-electron chi connectivity index (χ4n) is 2.20. The van der Waals surface area contributed by atoms with E-state index in [1.165, 1.54) is 0 Å². The van der Waals surface area contributed by atoms with Crippen molar-refractivity contribution in [1.82, 2.24) is 4.98 Å². The highest BCUT2D eigenvalue weighted by molar-refractivity contribution is 5.99. The Balaban J connectivity index is 1.79. The molecule has 1 aromatic carbocycles. The smallest absolute Gasteiger partial charge is 0.306 e. The molecule has 0 unspecified atom stereocenters. The number of aromatic nitrogens is 1. The van der Waals surface area contributed by atoms with Crippen LogP contribution in [-0.4, -0.2) is 23.3 Å². The number of carbonyl (C=O) groups is 2. The Kier molecular flexibility index (Phi) is 4.93. The van der Waals surface area contributed by atoms with Crippen molar-refractivity contribution in [2.24, 2.45) is 0 Å². The van der Waals surface area contributed by atoms with Gasteiger partial charge in [-0.25, -0.2) is 0 Å². The summed E-state index contributed by atoms with van der Waals surface area (Å²) in [5.41, 5.74) is 3.39. The van der Waals surface area contributed by atoms with Crippen LogP contribution >= 0.6 is 0 Å². The largest absolute Gasteiger partial charge is 0.457 e. The normalized spacial score (nSPS) is 10.4. The molecular weight excluding hydrogens is 266 g/mol. The maximum absolute atomic E-state index is 12.0. The SMILES string of the molecule is Cc1cc(C(=O)COC(=O)CCc2ccccc2)c(C)[nH]1. The Morgan fingerprint density at radius 1 is 1.14 bits per heavy atom. The van der Waals surface area contributed by atoms with Crippen molar-refractivity contribution in [2.45, 2.75) is 26.7 Å². The first-order valence-electron chi connectivity index (χ1n) is 6.95. The van der Waals surface area contributed by atoms with Crippen molar-refractivity contribution in [3.05, 3.63) is 58.9 Å². The Bertz CT molecular complexity index is 629. The maximum Gasteiger partial charge on any atom is 0.306 e. The molecule has 0 atom stereocenters. The summed E-state index contributed by atoms with van der Waals surface area (Å²) >= 11 is 0. The van der Waals surface area contributed by atoms with Gasteiger partial charge in [0.15, 0.2) is 6.61 Å². The molecule has 0 fully saturated rings. The van der Waals surface area contributed by atoms with Gasteiger partial charge in [-0.1, -0.05) is 30.3 Å². The number of hydrogen-bond donors (Lipinski definition) is 1. The average Bonchev–Trinajstić information content (AvgIpc) is 2.82. The van der Waals surface area contributed by atoms with Gasteiger partial charge in [0.2, 0.25) is 5.78 Å². The number of aryl methyl sites for hydroxylation is 3. The van der Waals surface area contributed by atoms with Crippen LogP contribution in [0.15, 0.2) is 36.4 Å². The van der Waals surface area contributed by atoms with Crippen LogP contribution in [0.4, 0.5) is 0 Å². The highest BCUT2D eigenvalue weighted by Gasteiger charge is 2.14. The van der Waals surface area contributed by atoms with E-state index in [4.69, 9.17) is 4.74 Å². The van der Waals surface area contributed by atoms with Gasteiger partial charge in [-0.2, -0.15) is 0 Å². The lowest BCUT2D eigenvalue weighted by molar-refractivity contribution is -0.142. The van der Waals surface area contributed by atoms with Crippen molar-refractivity contribution in [1.29, 1.82) is 0 Å².